The van der Waals surface area contributed by atoms with Crippen LogP contribution in [0.15, 0.2) is 0 Å². The van der Waals surface area contributed by atoms with Crippen LogP contribution in [0.4, 0.5) is 0 Å². The number of ether oxygens (including phenoxy) is 2. The molecular weight excluding hydrogens is 194 g/mol. The van der Waals surface area contributed by atoms with Gasteiger partial charge in [-0.05, 0) is 26.7 Å². The highest BCUT2D eigenvalue weighted by atomic mass is 16.5. The van der Waals surface area contributed by atoms with Crippen molar-refractivity contribution >= 4 is 5.97 Å². The standard InChI is InChI=1S/C11H21NO3/c1-4-15-11(13)9(2)12(7-8-14-3)10-5-6-10/h9-10H,4-8H2,1-3H3. The Balaban J connectivity index is 2.42. The Morgan fingerprint density at radius 1 is 1.53 bits per heavy atom. The van der Waals surface area contributed by atoms with E-state index in [1.807, 2.05) is 13.8 Å². The molecule has 0 aromatic carbocycles. The van der Waals surface area contributed by atoms with Crippen LogP contribution in [0.3, 0.4) is 0 Å². The Hall–Kier alpha value is -0.610. The van der Waals surface area contributed by atoms with Crippen molar-refractivity contribution in [3.8, 4) is 0 Å². The van der Waals surface area contributed by atoms with Crippen molar-refractivity contribution in [2.24, 2.45) is 0 Å². The van der Waals surface area contributed by atoms with Gasteiger partial charge in [0.1, 0.15) is 6.04 Å². The van der Waals surface area contributed by atoms with E-state index in [2.05, 4.69) is 4.90 Å². The summed E-state index contributed by atoms with van der Waals surface area (Å²) < 4.78 is 10.1. The van der Waals surface area contributed by atoms with Gasteiger partial charge in [0.2, 0.25) is 0 Å². The maximum absolute atomic E-state index is 11.6. The topological polar surface area (TPSA) is 38.8 Å². The fourth-order valence-corrected chi connectivity index (χ4v) is 1.69. The second-order valence-electron chi connectivity index (χ2n) is 3.89. The maximum Gasteiger partial charge on any atom is 0.323 e. The predicted molar refractivity (Wildman–Crippen MR) is 57.7 cm³/mol. The number of esters is 1. The molecule has 1 unspecified atom stereocenters. The number of methoxy groups -OCH3 is 1. The van der Waals surface area contributed by atoms with Crippen molar-refractivity contribution < 1.29 is 14.3 Å². The van der Waals surface area contributed by atoms with Crippen LogP contribution in [0.2, 0.25) is 0 Å². The molecule has 1 saturated carbocycles. The van der Waals surface area contributed by atoms with Crippen LogP contribution in [0.25, 0.3) is 0 Å². The number of nitrogens with zero attached hydrogens (tertiary/aromatic N) is 1. The van der Waals surface area contributed by atoms with Gasteiger partial charge in [0.25, 0.3) is 0 Å². The van der Waals surface area contributed by atoms with Crippen molar-refractivity contribution in [1.82, 2.24) is 4.90 Å². The van der Waals surface area contributed by atoms with Crippen molar-refractivity contribution in [1.29, 1.82) is 0 Å². The van der Waals surface area contributed by atoms with E-state index in [1.54, 1.807) is 7.11 Å². The average Bonchev–Trinajstić information content (AvgIpc) is 3.02. The lowest BCUT2D eigenvalue weighted by atomic mass is 10.2. The lowest BCUT2D eigenvalue weighted by molar-refractivity contribution is -0.149. The maximum atomic E-state index is 11.6. The van der Waals surface area contributed by atoms with E-state index in [0.717, 1.165) is 6.54 Å². The first-order valence-corrected chi connectivity index (χ1v) is 5.62. The predicted octanol–water partition coefficient (Wildman–Crippen LogP) is 1.05. The molecule has 0 amide bonds. The Labute approximate surface area is 91.5 Å². The normalized spacial score (nSPS) is 17.9. The van der Waals surface area contributed by atoms with E-state index in [-0.39, 0.29) is 12.0 Å². The van der Waals surface area contributed by atoms with Gasteiger partial charge < -0.3 is 9.47 Å². The van der Waals surface area contributed by atoms with Crippen LogP contribution < -0.4 is 0 Å². The second kappa shape index (κ2) is 6.08. The highest BCUT2D eigenvalue weighted by Crippen LogP contribution is 2.28. The highest BCUT2D eigenvalue weighted by Gasteiger charge is 2.35. The van der Waals surface area contributed by atoms with Crippen LogP contribution in [-0.4, -0.2) is 49.8 Å². The molecule has 1 rings (SSSR count). The number of hydrogen-bond acceptors (Lipinski definition) is 4. The Bertz CT molecular complexity index is 204. The van der Waals surface area contributed by atoms with E-state index in [1.165, 1.54) is 12.8 Å². The molecule has 0 saturated heterocycles. The molecule has 1 atom stereocenters. The van der Waals surface area contributed by atoms with Gasteiger partial charge in [-0.15, -0.1) is 0 Å². The van der Waals surface area contributed by atoms with Gasteiger partial charge in [-0.2, -0.15) is 0 Å². The Morgan fingerprint density at radius 3 is 2.67 bits per heavy atom. The number of rotatable bonds is 7. The molecule has 4 heteroatoms. The third-order valence-corrected chi connectivity index (χ3v) is 2.69. The number of hydrogen-bond donors (Lipinski definition) is 0. The lowest BCUT2D eigenvalue weighted by Gasteiger charge is -2.26. The SMILES string of the molecule is CCOC(=O)C(C)N(CCOC)C1CC1. The minimum atomic E-state index is -0.146. The van der Waals surface area contributed by atoms with Crippen molar-refractivity contribution in [3.05, 3.63) is 0 Å². The molecule has 0 aliphatic heterocycles. The summed E-state index contributed by atoms with van der Waals surface area (Å²) in [7, 11) is 1.68. The van der Waals surface area contributed by atoms with Crippen LogP contribution in [0, 0.1) is 0 Å². The summed E-state index contributed by atoms with van der Waals surface area (Å²) in [5.74, 6) is -0.125. The summed E-state index contributed by atoms with van der Waals surface area (Å²) in [4.78, 5) is 13.8. The summed E-state index contributed by atoms with van der Waals surface area (Å²) in [6, 6.07) is 0.409. The van der Waals surface area contributed by atoms with E-state index in [0.29, 0.717) is 19.3 Å². The largest absolute Gasteiger partial charge is 0.465 e. The molecule has 0 bridgehead atoms. The van der Waals surface area contributed by atoms with Crippen molar-refractivity contribution in [2.45, 2.75) is 38.8 Å². The van der Waals surface area contributed by atoms with Crippen LogP contribution in [0.5, 0.6) is 0 Å². The van der Waals surface area contributed by atoms with Gasteiger partial charge >= 0.3 is 5.97 Å². The van der Waals surface area contributed by atoms with Gasteiger partial charge in [-0.25, -0.2) is 0 Å². The molecular formula is C11H21NO3. The van der Waals surface area contributed by atoms with Crippen molar-refractivity contribution in [2.75, 3.05) is 26.9 Å². The average molecular weight is 215 g/mol. The molecule has 1 fully saturated rings. The second-order valence-corrected chi connectivity index (χ2v) is 3.89. The van der Waals surface area contributed by atoms with Crippen LogP contribution in [-0.2, 0) is 14.3 Å². The monoisotopic (exact) mass is 215 g/mol. The zero-order valence-corrected chi connectivity index (χ0v) is 9.86. The van der Waals surface area contributed by atoms with Gasteiger partial charge in [0, 0.05) is 19.7 Å². The van der Waals surface area contributed by atoms with E-state index in [4.69, 9.17) is 9.47 Å². The first-order valence-electron chi connectivity index (χ1n) is 5.62. The first-order chi connectivity index (χ1) is 7.20. The third kappa shape index (κ3) is 3.80. The van der Waals surface area contributed by atoms with Crippen LogP contribution >= 0.6 is 0 Å². The zero-order valence-electron chi connectivity index (χ0n) is 9.86. The number of carbonyl (C=O) groups is 1. The van der Waals surface area contributed by atoms with Crippen LogP contribution in [0.1, 0.15) is 26.7 Å². The van der Waals surface area contributed by atoms with E-state index >= 15 is 0 Å². The summed E-state index contributed by atoms with van der Waals surface area (Å²) in [6.45, 7) is 5.67. The van der Waals surface area contributed by atoms with E-state index in [9.17, 15) is 4.79 Å². The third-order valence-electron chi connectivity index (χ3n) is 2.69. The van der Waals surface area contributed by atoms with Gasteiger partial charge in [0.05, 0.1) is 13.2 Å². The fourth-order valence-electron chi connectivity index (χ4n) is 1.69. The molecule has 1 aliphatic rings. The molecule has 0 spiro atoms. The molecule has 1 aliphatic carbocycles. The molecule has 15 heavy (non-hydrogen) atoms. The van der Waals surface area contributed by atoms with Gasteiger partial charge in [0.15, 0.2) is 0 Å². The summed E-state index contributed by atoms with van der Waals surface area (Å²) >= 11 is 0. The molecule has 4 nitrogen and oxygen atoms in total. The Morgan fingerprint density at radius 2 is 2.20 bits per heavy atom. The quantitative estimate of drug-likeness (QED) is 0.595. The van der Waals surface area contributed by atoms with E-state index < -0.39 is 0 Å². The molecule has 0 N–H and O–H groups in total. The van der Waals surface area contributed by atoms with Gasteiger partial charge in [-0.3, -0.25) is 9.69 Å². The minimum Gasteiger partial charge on any atom is -0.465 e. The first kappa shape index (κ1) is 12.5. The number of carbonyl (C=O) groups excluding carboxylic acids is 1. The molecule has 0 heterocycles. The summed E-state index contributed by atoms with van der Waals surface area (Å²) in [5, 5.41) is 0. The highest BCUT2D eigenvalue weighted by molar-refractivity contribution is 5.75. The van der Waals surface area contributed by atoms with Crippen molar-refractivity contribution in [3.63, 3.8) is 0 Å². The summed E-state index contributed by atoms with van der Waals surface area (Å²) in [6.07, 6.45) is 2.38. The minimum absolute atomic E-state index is 0.125. The smallest absolute Gasteiger partial charge is 0.323 e. The molecule has 88 valence electrons. The lowest BCUT2D eigenvalue weighted by Crippen LogP contribution is -2.43. The molecule has 0 aromatic rings. The fraction of sp³-hybridized carbons (Fsp3) is 0.909. The molecule has 0 radical (unpaired) electrons. The Kier molecular flexibility index (Phi) is 5.05. The molecule has 0 aromatic heterocycles. The van der Waals surface area contributed by atoms with Gasteiger partial charge in [-0.1, -0.05) is 0 Å². The zero-order chi connectivity index (χ0) is 11.3. The summed E-state index contributed by atoms with van der Waals surface area (Å²) in [5.41, 5.74) is 0.